The Morgan fingerprint density at radius 1 is 0.800 bits per heavy atom. The van der Waals surface area contributed by atoms with Gasteiger partial charge in [0.1, 0.15) is 17.9 Å². The number of amides is 4. The van der Waals surface area contributed by atoms with Gasteiger partial charge in [0, 0.05) is 30.6 Å². The number of urea groups is 1. The number of carbonyl (C=O) groups is 3. The maximum Gasteiger partial charge on any atom is 0.335 e. The third-order valence-electron chi connectivity index (χ3n) is 8.92. The molecule has 7 rings (SSSR count). The van der Waals surface area contributed by atoms with Crippen molar-refractivity contribution < 1.29 is 19.1 Å². The number of imide groups is 2. The van der Waals surface area contributed by atoms with Crippen LogP contribution in [-0.2, 0) is 9.59 Å². The summed E-state index contributed by atoms with van der Waals surface area (Å²) in [5, 5.41) is 2.41. The lowest BCUT2D eigenvalue weighted by Gasteiger charge is -2.44. The van der Waals surface area contributed by atoms with Crippen LogP contribution in [0.15, 0.2) is 115 Å². The second-order valence-corrected chi connectivity index (χ2v) is 11.6. The smallest absolute Gasteiger partial charge is 0.335 e. The van der Waals surface area contributed by atoms with E-state index in [0.717, 1.165) is 42.0 Å². The maximum atomic E-state index is 14.0. The number of benzene rings is 4. The van der Waals surface area contributed by atoms with E-state index in [0.29, 0.717) is 23.6 Å². The summed E-state index contributed by atoms with van der Waals surface area (Å²) in [5.74, 6) is -0.521. The first-order chi connectivity index (χ1) is 22.0. The first-order valence-electron chi connectivity index (χ1n) is 15.3. The van der Waals surface area contributed by atoms with Crippen molar-refractivity contribution in [2.75, 3.05) is 29.5 Å². The van der Waals surface area contributed by atoms with Crippen LogP contribution in [0.1, 0.15) is 52.5 Å². The Morgan fingerprint density at radius 2 is 1.38 bits per heavy atom. The van der Waals surface area contributed by atoms with E-state index in [4.69, 9.17) is 4.74 Å². The number of carbonyl (C=O) groups excluding carboxylic acids is 3. The van der Waals surface area contributed by atoms with Crippen LogP contribution in [-0.4, -0.2) is 37.5 Å². The van der Waals surface area contributed by atoms with Crippen LogP contribution >= 0.6 is 0 Å². The molecule has 0 aromatic heterocycles. The molecule has 0 saturated carbocycles. The van der Waals surface area contributed by atoms with Crippen molar-refractivity contribution in [2.24, 2.45) is 0 Å². The van der Waals surface area contributed by atoms with Gasteiger partial charge in [-0.2, -0.15) is 0 Å². The van der Waals surface area contributed by atoms with E-state index in [-0.39, 0.29) is 17.4 Å². The molecule has 0 bridgehead atoms. The highest BCUT2D eigenvalue weighted by molar-refractivity contribution is 6.39. The summed E-state index contributed by atoms with van der Waals surface area (Å²) < 4.78 is 5.55. The van der Waals surface area contributed by atoms with E-state index < -0.39 is 17.8 Å². The van der Waals surface area contributed by atoms with Crippen LogP contribution in [0.25, 0.3) is 6.08 Å². The van der Waals surface area contributed by atoms with Gasteiger partial charge in [-0.15, -0.1) is 0 Å². The molecule has 45 heavy (non-hydrogen) atoms. The van der Waals surface area contributed by atoms with E-state index >= 15 is 0 Å². The Bertz CT molecular complexity index is 1740. The summed E-state index contributed by atoms with van der Waals surface area (Å²) in [6, 6.07) is 31.0. The zero-order valence-electron chi connectivity index (χ0n) is 24.8. The molecule has 4 amide bonds. The van der Waals surface area contributed by atoms with Crippen molar-refractivity contribution in [1.82, 2.24) is 5.32 Å². The summed E-state index contributed by atoms with van der Waals surface area (Å²) in [6.07, 6.45) is 5.01. The van der Waals surface area contributed by atoms with E-state index in [1.807, 2.05) is 48.5 Å². The SMILES string of the molecule is C=CCOc1ccc(/C=C2\C(=O)NC(=O)N(c3cc4c5c(c3)[C@H](c3ccccc3)CCN5CC[C@@H]4c3ccccc3)C2=O)cc1. The number of ether oxygens (including phenoxy) is 1. The second-order valence-electron chi connectivity index (χ2n) is 11.6. The van der Waals surface area contributed by atoms with Gasteiger partial charge in [-0.05, 0) is 71.0 Å². The topological polar surface area (TPSA) is 79.0 Å². The van der Waals surface area contributed by atoms with Crippen molar-refractivity contribution in [3.63, 3.8) is 0 Å². The average molecular weight is 596 g/mol. The van der Waals surface area contributed by atoms with Crippen molar-refractivity contribution in [1.29, 1.82) is 0 Å². The molecule has 0 unspecified atom stereocenters. The van der Waals surface area contributed by atoms with Gasteiger partial charge in [-0.1, -0.05) is 85.5 Å². The van der Waals surface area contributed by atoms with Crippen molar-refractivity contribution in [3.8, 4) is 5.75 Å². The summed E-state index contributed by atoms with van der Waals surface area (Å²) in [4.78, 5) is 44.0. The molecule has 3 aliphatic heterocycles. The fraction of sp³-hybridized carbons (Fsp3) is 0.184. The Balaban J connectivity index is 1.34. The Hall–Kier alpha value is -5.43. The predicted octanol–water partition coefficient (Wildman–Crippen LogP) is 6.80. The predicted molar refractivity (Wildman–Crippen MR) is 176 cm³/mol. The minimum Gasteiger partial charge on any atom is -0.490 e. The third kappa shape index (κ3) is 5.31. The summed E-state index contributed by atoms with van der Waals surface area (Å²) in [7, 11) is 0. The average Bonchev–Trinajstić information content (AvgIpc) is 3.07. The van der Waals surface area contributed by atoms with Gasteiger partial charge >= 0.3 is 6.03 Å². The van der Waals surface area contributed by atoms with E-state index in [1.54, 1.807) is 30.3 Å². The molecule has 4 aromatic carbocycles. The molecule has 1 saturated heterocycles. The molecule has 2 atom stereocenters. The lowest BCUT2D eigenvalue weighted by atomic mass is 9.76. The molecule has 0 spiro atoms. The number of nitrogens with one attached hydrogen (secondary N) is 1. The molecule has 7 heteroatoms. The molecule has 4 aromatic rings. The van der Waals surface area contributed by atoms with Gasteiger partial charge in [-0.3, -0.25) is 14.9 Å². The number of hydrogen-bond acceptors (Lipinski definition) is 5. The van der Waals surface area contributed by atoms with Crippen molar-refractivity contribution >= 4 is 35.3 Å². The molecule has 3 aliphatic rings. The molecule has 3 heterocycles. The van der Waals surface area contributed by atoms with Gasteiger partial charge in [0.2, 0.25) is 0 Å². The lowest BCUT2D eigenvalue weighted by Crippen LogP contribution is -2.54. The molecule has 0 aliphatic carbocycles. The normalized spacial score (nSPS) is 20.1. The summed E-state index contributed by atoms with van der Waals surface area (Å²) in [6.45, 7) is 5.89. The minimum atomic E-state index is -0.751. The summed E-state index contributed by atoms with van der Waals surface area (Å²) >= 11 is 0. The highest BCUT2D eigenvalue weighted by Gasteiger charge is 2.40. The standard InChI is InChI=1S/C38H33N3O4/c1-2-21-45-29-15-13-25(14-16-29)22-34-36(42)39-38(44)41(37(34)43)28-23-32-30(26-9-5-3-6-10-26)17-19-40-20-18-31(33(24-28)35(32)40)27-11-7-4-8-12-27/h2-16,22-24,30-31H,1,17-21H2,(H,39,42,44)/b34-22+/t30-,31+. The largest absolute Gasteiger partial charge is 0.490 e. The third-order valence-corrected chi connectivity index (χ3v) is 8.92. The van der Waals surface area contributed by atoms with Gasteiger partial charge in [0.05, 0.1) is 5.69 Å². The minimum absolute atomic E-state index is 0.104. The zero-order valence-corrected chi connectivity index (χ0v) is 24.8. The zero-order chi connectivity index (χ0) is 30.9. The fourth-order valence-electron chi connectivity index (χ4n) is 6.84. The van der Waals surface area contributed by atoms with Gasteiger partial charge in [0.15, 0.2) is 0 Å². The Morgan fingerprint density at radius 3 is 1.93 bits per heavy atom. The van der Waals surface area contributed by atoms with Crippen molar-refractivity contribution in [3.05, 3.63) is 143 Å². The maximum absolute atomic E-state index is 14.0. The molecular weight excluding hydrogens is 562 g/mol. The highest BCUT2D eigenvalue weighted by Crippen LogP contribution is 2.50. The van der Waals surface area contributed by atoms with Gasteiger partial charge in [0.25, 0.3) is 11.8 Å². The van der Waals surface area contributed by atoms with Gasteiger partial charge < -0.3 is 9.64 Å². The molecule has 0 radical (unpaired) electrons. The first-order valence-corrected chi connectivity index (χ1v) is 15.3. The van der Waals surface area contributed by atoms with Crippen LogP contribution in [0.4, 0.5) is 16.2 Å². The van der Waals surface area contributed by atoms with Crippen LogP contribution in [0.5, 0.6) is 5.75 Å². The number of anilines is 2. The van der Waals surface area contributed by atoms with E-state index in [2.05, 4.69) is 41.1 Å². The van der Waals surface area contributed by atoms with Crippen LogP contribution in [0, 0.1) is 0 Å². The van der Waals surface area contributed by atoms with Crippen molar-refractivity contribution in [2.45, 2.75) is 24.7 Å². The monoisotopic (exact) mass is 595 g/mol. The number of barbiturate groups is 1. The Kier molecular flexibility index (Phi) is 7.51. The van der Waals surface area contributed by atoms with Crippen LogP contribution < -0.4 is 19.9 Å². The fourth-order valence-corrected chi connectivity index (χ4v) is 6.84. The highest BCUT2D eigenvalue weighted by atomic mass is 16.5. The number of nitrogens with zero attached hydrogens (tertiary/aromatic N) is 2. The molecule has 1 N–H and O–H groups in total. The quantitative estimate of drug-likeness (QED) is 0.145. The van der Waals surface area contributed by atoms with Gasteiger partial charge in [-0.25, -0.2) is 9.69 Å². The van der Waals surface area contributed by atoms with Crippen LogP contribution in [0.2, 0.25) is 0 Å². The van der Waals surface area contributed by atoms with E-state index in [9.17, 15) is 14.4 Å². The number of rotatable bonds is 7. The Labute approximate surface area is 262 Å². The second kappa shape index (κ2) is 11.9. The lowest BCUT2D eigenvalue weighted by molar-refractivity contribution is -0.122. The molecular formula is C38H33N3O4. The molecule has 224 valence electrons. The molecule has 7 nitrogen and oxygen atoms in total. The summed E-state index contributed by atoms with van der Waals surface area (Å²) in [5.41, 5.74) is 6.77. The number of hydrogen-bond donors (Lipinski definition) is 1. The van der Waals surface area contributed by atoms with Crippen LogP contribution in [0.3, 0.4) is 0 Å². The van der Waals surface area contributed by atoms with E-state index in [1.165, 1.54) is 22.9 Å². The first kappa shape index (κ1) is 28.3. The molecule has 1 fully saturated rings.